The summed E-state index contributed by atoms with van der Waals surface area (Å²) >= 11 is 0. The third kappa shape index (κ3) is 3.85. The Morgan fingerprint density at radius 2 is 1.63 bits per heavy atom. The molecular formula is C20H14F3N3O. The number of halogens is 3. The van der Waals surface area contributed by atoms with Crippen LogP contribution in [0.4, 0.5) is 19.0 Å². The highest BCUT2D eigenvalue weighted by Gasteiger charge is 2.31. The molecular weight excluding hydrogens is 355 g/mol. The number of nitriles is 1. The molecule has 136 valence electrons. The van der Waals surface area contributed by atoms with E-state index in [0.29, 0.717) is 22.4 Å². The molecule has 1 heterocycles. The molecule has 0 atom stereocenters. The number of aromatic nitrogens is 1. The molecule has 0 fully saturated rings. The summed E-state index contributed by atoms with van der Waals surface area (Å²) in [5.74, 6) is -0.278. The van der Waals surface area contributed by atoms with Crippen LogP contribution in [0.2, 0.25) is 0 Å². The van der Waals surface area contributed by atoms with Gasteiger partial charge < -0.3 is 10.5 Å². The molecule has 2 N–H and O–H groups in total. The third-order valence-corrected chi connectivity index (χ3v) is 4.00. The first-order chi connectivity index (χ1) is 12.8. The second-order valence-corrected chi connectivity index (χ2v) is 5.77. The lowest BCUT2D eigenvalue weighted by molar-refractivity contribution is -0.274. The first kappa shape index (κ1) is 18.3. The van der Waals surface area contributed by atoms with Gasteiger partial charge in [0.15, 0.2) is 0 Å². The Bertz CT molecular complexity index is 1010. The topological polar surface area (TPSA) is 71.9 Å². The van der Waals surface area contributed by atoms with Crippen molar-refractivity contribution in [1.29, 1.82) is 5.26 Å². The highest BCUT2D eigenvalue weighted by molar-refractivity contribution is 5.84. The van der Waals surface area contributed by atoms with Gasteiger partial charge in [0.2, 0.25) is 0 Å². The van der Waals surface area contributed by atoms with E-state index >= 15 is 0 Å². The molecule has 0 aliphatic rings. The Morgan fingerprint density at radius 3 is 2.19 bits per heavy atom. The summed E-state index contributed by atoms with van der Waals surface area (Å²) < 4.78 is 40.9. The Morgan fingerprint density at radius 1 is 1.00 bits per heavy atom. The number of nitrogens with zero attached hydrogens (tertiary/aromatic N) is 2. The Balaban J connectivity index is 2.15. The van der Waals surface area contributed by atoms with E-state index in [9.17, 15) is 18.4 Å². The number of pyridine rings is 1. The van der Waals surface area contributed by atoms with E-state index in [-0.39, 0.29) is 17.1 Å². The van der Waals surface area contributed by atoms with Crippen LogP contribution >= 0.6 is 0 Å². The minimum Gasteiger partial charge on any atom is -0.406 e. The maximum Gasteiger partial charge on any atom is 0.573 e. The van der Waals surface area contributed by atoms with Gasteiger partial charge in [-0.2, -0.15) is 5.26 Å². The van der Waals surface area contributed by atoms with Crippen LogP contribution in [0.15, 0.2) is 54.6 Å². The second kappa shape index (κ2) is 7.00. The number of hydrogen-bond donors (Lipinski definition) is 1. The number of rotatable bonds is 3. The fraction of sp³-hybridized carbons (Fsp3) is 0.100. The number of hydrogen-bond acceptors (Lipinski definition) is 4. The van der Waals surface area contributed by atoms with Crippen LogP contribution in [0.3, 0.4) is 0 Å². The van der Waals surface area contributed by atoms with Crippen LogP contribution in [0, 0.1) is 18.3 Å². The van der Waals surface area contributed by atoms with Crippen molar-refractivity contribution in [2.45, 2.75) is 13.3 Å². The predicted octanol–water partition coefficient (Wildman–Crippen LogP) is 5.08. The number of nitrogen functional groups attached to an aromatic ring is 1. The quantitative estimate of drug-likeness (QED) is 0.699. The van der Waals surface area contributed by atoms with E-state index in [4.69, 9.17) is 5.73 Å². The van der Waals surface area contributed by atoms with Crippen LogP contribution < -0.4 is 10.5 Å². The van der Waals surface area contributed by atoms with Gasteiger partial charge in [-0.15, -0.1) is 13.2 Å². The van der Waals surface area contributed by atoms with E-state index in [2.05, 4.69) is 9.72 Å². The van der Waals surface area contributed by atoms with Crippen LogP contribution in [0.5, 0.6) is 5.75 Å². The summed E-state index contributed by atoms with van der Waals surface area (Å²) in [6.07, 6.45) is -4.77. The van der Waals surface area contributed by atoms with Crippen molar-refractivity contribution in [2.75, 3.05) is 5.73 Å². The highest BCUT2D eigenvalue weighted by atomic mass is 19.4. The molecule has 1 aromatic heterocycles. The molecule has 7 heteroatoms. The lowest BCUT2D eigenvalue weighted by Gasteiger charge is -2.15. The normalized spacial score (nSPS) is 11.1. The van der Waals surface area contributed by atoms with E-state index in [1.54, 1.807) is 6.92 Å². The molecule has 0 unspecified atom stereocenters. The zero-order valence-corrected chi connectivity index (χ0v) is 14.2. The number of anilines is 1. The molecule has 0 aliphatic heterocycles. The largest absolute Gasteiger partial charge is 0.573 e. The number of benzene rings is 2. The van der Waals surface area contributed by atoms with Crippen molar-refractivity contribution in [3.63, 3.8) is 0 Å². The van der Waals surface area contributed by atoms with Crippen LogP contribution in [0.25, 0.3) is 22.4 Å². The van der Waals surface area contributed by atoms with Gasteiger partial charge in [0, 0.05) is 11.1 Å². The van der Waals surface area contributed by atoms with Gasteiger partial charge in [0.1, 0.15) is 23.2 Å². The molecule has 3 rings (SSSR count). The zero-order chi connectivity index (χ0) is 19.6. The molecule has 0 saturated carbocycles. The fourth-order valence-electron chi connectivity index (χ4n) is 2.87. The van der Waals surface area contributed by atoms with Crippen molar-refractivity contribution < 1.29 is 17.9 Å². The monoisotopic (exact) mass is 369 g/mol. The van der Waals surface area contributed by atoms with Crippen molar-refractivity contribution >= 4 is 5.82 Å². The van der Waals surface area contributed by atoms with Gasteiger partial charge in [-0.25, -0.2) is 4.98 Å². The second-order valence-electron chi connectivity index (χ2n) is 5.77. The summed E-state index contributed by atoms with van der Waals surface area (Å²) in [4.78, 5) is 4.35. The maximum atomic E-state index is 12.4. The zero-order valence-electron chi connectivity index (χ0n) is 14.2. The Labute approximate surface area is 153 Å². The highest BCUT2D eigenvalue weighted by Crippen LogP contribution is 2.36. The summed E-state index contributed by atoms with van der Waals surface area (Å²) in [7, 11) is 0. The number of ether oxygens (including phenoxy) is 1. The molecule has 3 aromatic rings. The van der Waals surface area contributed by atoms with Gasteiger partial charge in [0.25, 0.3) is 0 Å². The smallest absolute Gasteiger partial charge is 0.406 e. The van der Waals surface area contributed by atoms with E-state index in [1.807, 2.05) is 36.4 Å². The summed E-state index contributed by atoms with van der Waals surface area (Å²) in [5.41, 5.74) is 9.37. The molecule has 0 radical (unpaired) electrons. The molecule has 4 nitrogen and oxygen atoms in total. The standard InChI is InChI=1S/C20H14F3N3O/c1-12-17(13-7-9-15(10-8-13)27-20(21,22)23)16(11-24)19(25)26-18(12)14-5-3-2-4-6-14/h2-10H,1H3,(H2,25,26). The molecule has 27 heavy (non-hydrogen) atoms. The minimum absolute atomic E-state index is 0.0626. The van der Waals surface area contributed by atoms with Crippen LogP contribution in [-0.4, -0.2) is 11.3 Å². The first-order valence-electron chi connectivity index (χ1n) is 7.92. The van der Waals surface area contributed by atoms with Crippen molar-refractivity contribution in [1.82, 2.24) is 4.98 Å². The SMILES string of the molecule is Cc1c(-c2ccccc2)nc(N)c(C#N)c1-c1ccc(OC(F)(F)F)cc1. The van der Waals surface area contributed by atoms with Crippen molar-refractivity contribution in [3.05, 3.63) is 65.7 Å². The first-order valence-corrected chi connectivity index (χ1v) is 7.92. The van der Waals surface area contributed by atoms with Gasteiger partial charge in [0.05, 0.1) is 5.69 Å². The molecule has 0 spiro atoms. The van der Waals surface area contributed by atoms with Crippen LogP contribution in [-0.2, 0) is 0 Å². The van der Waals surface area contributed by atoms with E-state index in [1.165, 1.54) is 24.3 Å². The van der Waals surface area contributed by atoms with Gasteiger partial charge in [-0.1, -0.05) is 42.5 Å². The minimum atomic E-state index is -4.77. The lowest BCUT2D eigenvalue weighted by Crippen LogP contribution is -2.16. The van der Waals surface area contributed by atoms with E-state index < -0.39 is 6.36 Å². The molecule has 2 aromatic carbocycles. The fourth-order valence-corrected chi connectivity index (χ4v) is 2.87. The van der Waals surface area contributed by atoms with Crippen molar-refractivity contribution in [3.8, 4) is 34.2 Å². The van der Waals surface area contributed by atoms with E-state index in [0.717, 1.165) is 5.56 Å². The molecule has 0 aliphatic carbocycles. The summed E-state index contributed by atoms with van der Waals surface area (Å²) in [5, 5.41) is 9.51. The van der Waals surface area contributed by atoms with Gasteiger partial charge >= 0.3 is 6.36 Å². The Kier molecular flexibility index (Phi) is 4.74. The van der Waals surface area contributed by atoms with Gasteiger partial charge in [-0.05, 0) is 30.2 Å². The molecule has 0 amide bonds. The van der Waals surface area contributed by atoms with Crippen molar-refractivity contribution in [2.24, 2.45) is 0 Å². The van der Waals surface area contributed by atoms with Crippen LogP contribution in [0.1, 0.15) is 11.1 Å². The third-order valence-electron chi connectivity index (χ3n) is 4.00. The van der Waals surface area contributed by atoms with Gasteiger partial charge in [-0.3, -0.25) is 0 Å². The predicted molar refractivity (Wildman–Crippen MR) is 95.7 cm³/mol. The molecule has 0 bridgehead atoms. The maximum absolute atomic E-state index is 12.4. The Hall–Kier alpha value is -3.53. The number of nitrogens with two attached hydrogens (primary N) is 1. The average Bonchev–Trinajstić information content (AvgIpc) is 2.63. The number of alkyl halides is 3. The summed E-state index contributed by atoms with van der Waals surface area (Å²) in [6.45, 7) is 1.80. The molecule has 0 saturated heterocycles. The summed E-state index contributed by atoms with van der Waals surface area (Å²) in [6, 6.07) is 16.7. The lowest BCUT2D eigenvalue weighted by atomic mass is 9.93. The average molecular weight is 369 g/mol.